The molecule has 0 aliphatic heterocycles. The molecule has 0 aliphatic rings. The lowest BCUT2D eigenvalue weighted by Crippen LogP contribution is -2.04. The van der Waals surface area contributed by atoms with Crippen LogP contribution in [0, 0.1) is 6.92 Å². The van der Waals surface area contributed by atoms with Crippen molar-refractivity contribution in [1.82, 2.24) is 5.32 Å². The van der Waals surface area contributed by atoms with Gasteiger partial charge in [0.1, 0.15) is 6.29 Å². The zero-order chi connectivity index (χ0) is 14.1. The maximum Gasteiger partial charge on any atom is 0.116 e. The monoisotopic (exact) mass is 239 g/mol. The zero-order valence-corrected chi connectivity index (χ0v) is 12.5. The van der Waals surface area contributed by atoms with Crippen molar-refractivity contribution in [3.05, 3.63) is 35.4 Å². The molecule has 2 heteroatoms. The predicted octanol–water partition coefficient (Wildman–Crippen LogP) is 3.97. The first-order valence-corrected chi connectivity index (χ1v) is 6.34. The van der Waals surface area contributed by atoms with Crippen LogP contribution in [0.1, 0.15) is 45.7 Å². The Bertz CT molecular complexity index is 229. The van der Waals surface area contributed by atoms with Gasteiger partial charge in [-0.1, -0.05) is 57.5 Å². The number of aldehydes is 1. The van der Waals surface area contributed by atoms with E-state index in [1.807, 2.05) is 34.7 Å². The fourth-order valence-electron chi connectivity index (χ4n) is 0.910. The minimum atomic E-state index is 0.750. The summed E-state index contributed by atoms with van der Waals surface area (Å²) in [5.41, 5.74) is 2.66. The van der Waals surface area contributed by atoms with Crippen molar-refractivity contribution in [3.8, 4) is 0 Å². The summed E-state index contributed by atoms with van der Waals surface area (Å²) in [4.78, 5) is 8.81. The number of carbonyl (C=O) groups excluding carboxylic acids is 1. The van der Waals surface area contributed by atoms with Crippen LogP contribution in [0.25, 0.3) is 0 Å². The van der Waals surface area contributed by atoms with Crippen molar-refractivity contribution < 1.29 is 4.79 Å². The van der Waals surface area contributed by atoms with Gasteiger partial charge >= 0.3 is 0 Å². The first-order valence-electron chi connectivity index (χ1n) is 6.34. The summed E-state index contributed by atoms with van der Waals surface area (Å²) < 4.78 is 0. The standard InChI is InChI=1S/C9H13N.C2H4O.2C2H6/c1-8-3-5-9(6-4-8)7-10-2;1-2-3;2*1-2/h3-6,10H,7H2,1-2H3;2H,1H3;2*1-2H3. The van der Waals surface area contributed by atoms with Gasteiger partial charge in [-0.05, 0) is 26.5 Å². The molecule has 0 aromatic heterocycles. The first kappa shape index (κ1) is 21.2. The van der Waals surface area contributed by atoms with Gasteiger partial charge in [0.25, 0.3) is 0 Å². The van der Waals surface area contributed by atoms with Gasteiger partial charge in [0.05, 0.1) is 0 Å². The second-order valence-electron chi connectivity index (χ2n) is 2.75. The van der Waals surface area contributed by atoms with Crippen LogP contribution in [-0.4, -0.2) is 13.3 Å². The van der Waals surface area contributed by atoms with E-state index in [1.54, 1.807) is 0 Å². The van der Waals surface area contributed by atoms with Crippen LogP contribution in [0.3, 0.4) is 0 Å². The Kier molecular flexibility index (Phi) is 25.3. The molecule has 1 aromatic carbocycles. The number of hydrogen-bond donors (Lipinski definition) is 1. The highest BCUT2D eigenvalue weighted by atomic mass is 16.1. The molecule has 1 aromatic rings. The van der Waals surface area contributed by atoms with Gasteiger partial charge in [-0.25, -0.2) is 0 Å². The van der Waals surface area contributed by atoms with Crippen LogP contribution < -0.4 is 5.32 Å². The molecule has 2 nitrogen and oxygen atoms in total. The second-order valence-corrected chi connectivity index (χ2v) is 2.75. The van der Waals surface area contributed by atoms with Crippen LogP contribution in [0.5, 0.6) is 0 Å². The molecule has 0 spiro atoms. The van der Waals surface area contributed by atoms with E-state index < -0.39 is 0 Å². The highest BCUT2D eigenvalue weighted by Crippen LogP contribution is 2.01. The Morgan fingerprint density at radius 3 is 1.71 bits per heavy atom. The fraction of sp³-hybridized carbons (Fsp3) is 0.533. The van der Waals surface area contributed by atoms with E-state index in [9.17, 15) is 0 Å². The van der Waals surface area contributed by atoms with Crippen molar-refractivity contribution in [2.75, 3.05) is 7.05 Å². The normalized spacial score (nSPS) is 7.24. The molecule has 0 aliphatic carbocycles. The number of nitrogens with one attached hydrogen (secondary N) is 1. The molecule has 0 unspecified atom stereocenters. The molecule has 0 amide bonds. The van der Waals surface area contributed by atoms with E-state index >= 15 is 0 Å². The summed E-state index contributed by atoms with van der Waals surface area (Å²) in [5, 5.41) is 3.10. The van der Waals surface area contributed by atoms with Gasteiger partial charge in [-0.15, -0.1) is 0 Å². The van der Waals surface area contributed by atoms with E-state index in [1.165, 1.54) is 18.1 Å². The summed E-state index contributed by atoms with van der Waals surface area (Å²) >= 11 is 0. The van der Waals surface area contributed by atoms with E-state index in [-0.39, 0.29) is 0 Å². The SMILES string of the molecule is CC.CC.CC=O.CNCc1ccc(C)cc1. The molecule has 0 saturated carbocycles. The highest BCUT2D eigenvalue weighted by molar-refractivity contribution is 5.44. The maximum absolute atomic E-state index is 8.81. The van der Waals surface area contributed by atoms with Crippen LogP contribution >= 0.6 is 0 Å². The van der Waals surface area contributed by atoms with Crippen LogP contribution in [0.2, 0.25) is 0 Å². The summed E-state index contributed by atoms with van der Waals surface area (Å²) in [6.45, 7) is 12.5. The number of aryl methyl sites for hydroxylation is 1. The Labute approximate surface area is 107 Å². The molecule has 100 valence electrons. The maximum atomic E-state index is 8.81. The molecule has 0 fully saturated rings. The quantitative estimate of drug-likeness (QED) is 0.791. The summed E-state index contributed by atoms with van der Waals surface area (Å²) in [6, 6.07) is 8.55. The Morgan fingerprint density at radius 2 is 1.41 bits per heavy atom. The lowest BCUT2D eigenvalue weighted by Gasteiger charge is -1.98. The minimum absolute atomic E-state index is 0.750. The molecule has 0 heterocycles. The molecule has 1 rings (SSSR count). The van der Waals surface area contributed by atoms with E-state index in [4.69, 9.17) is 4.79 Å². The van der Waals surface area contributed by atoms with Crippen molar-refractivity contribution in [3.63, 3.8) is 0 Å². The minimum Gasteiger partial charge on any atom is -0.316 e. The van der Waals surface area contributed by atoms with E-state index in [0.29, 0.717) is 0 Å². The van der Waals surface area contributed by atoms with E-state index in [0.717, 1.165) is 12.8 Å². The van der Waals surface area contributed by atoms with Crippen LogP contribution in [0.15, 0.2) is 24.3 Å². The zero-order valence-electron chi connectivity index (χ0n) is 12.5. The molecule has 0 atom stereocenters. The topological polar surface area (TPSA) is 29.1 Å². The molecular formula is C15H29NO. The third-order valence-corrected chi connectivity index (χ3v) is 1.50. The van der Waals surface area contributed by atoms with Crippen molar-refractivity contribution in [2.45, 2.75) is 48.1 Å². The van der Waals surface area contributed by atoms with Crippen LogP contribution in [0.4, 0.5) is 0 Å². The molecule has 0 radical (unpaired) electrons. The Morgan fingerprint density at radius 1 is 1.06 bits per heavy atom. The molecule has 0 bridgehead atoms. The molecule has 1 N–H and O–H groups in total. The average molecular weight is 239 g/mol. The largest absolute Gasteiger partial charge is 0.316 e. The molecule has 0 saturated heterocycles. The predicted molar refractivity (Wildman–Crippen MR) is 78.4 cm³/mol. The second kappa shape index (κ2) is 20.3. The molecule has 17 heavy (non-hydrogen) atoms. The third-order valence-electron chi connectivity index (χ3n) is 1.50. The summed E-state index contributed by atoms with van der Waals surface area (Å²) in [6.07, 6.45) is 0.750. The van der Waals surface area contributed by atoms with Crippen molar-refractivity contribution in [2.24, 2.45) is 0 Å². The van der Waals surface area contributed by atoms with E-state index in [2.05, 4.69) is 36.5 Å². The lowest BCUT2D eigenvalue weighted by atomic mass is 10.1. The Balaban J connectivity index is -0.000000239. The number of benzene rings is 1. The van der Waals surface area contributed by atoms with Gasteiger partial charge in [0, 0.05) is 6.54 Å². The first-order chi connectivity index (χ1) is 8.24. The van der Waals surface area contributed by atoms with Gasteiger partial charge < -0.3 is 10.1 Å². The van der Waals surface area contributed by atoms with Gasteiger partial charge in [0.2, 0.25) is 0 Å². The third kappa shape index (κ3) is 17.5. The van der Waals surface area contributed by atoms with Gasteiger partial charge in [-0.2, -0.15) is 0 Å². The van der Waals surface area contributed by atoms with Crippen molar-refractivity contribution >= 4 is 6.29 Å². The number of carbonyl (C=O) groups is 1. The number of rotatable bonds is 2. The highest BCUT2D eigenvalue weighted by Gasteiger charge is 1.87. The lowest BCUT2D eigenvalue weighted by molar-refractivity contribution is -0.106. The van der Waals surface area contributed by atoms with Gasteiger partial charge in [-0.3, -0.25) is 0 Å². The molecular weight excluding hydrogens is 210 g/mol. The van der Waals surface area contributed by atoms with Crippen molar-refractivity contribution in [1.29, 1.82) is 0 Å². The average Bonchev–Trinajstić information content (AvgIpc) is 2.38. The Hall–Kier alpha value is -1.15. The number of hydrogen-bond acceptors (Lipinski definition) is 2. The summed E-state index contributed by atoms with van der Waals surface area (Å²) in [7, 11) is 1.96. The smallest absolute Gasteiger partial charge is 0.116 e. The van der Waals surface area contributed by atoms with Crippen LogP contribution in [-0.2, 0) is 11.3 Å². The summed E-state index contributed by atoms with van der Waals surface area (Å²) in [5.74, 6) is 0. The fourth-order valence-corrected chi connectivity index (χ4v) is 0.910. The van der Waals surface area contributed by atoms with Gasteiger partial charge in [0.15, 0.2) is 0 Å².